The minimum absolute atomic E-state index is 0.643. The Labute approximate surface area is 81.6 Å². The van der Waals surface area contributed by atoms with Crippen LogP contribution in [0.25, 0.3) is 11.0 Å². The number of anilines is 1. The molecule has 4 nitrogen and oxygen atoms in total. The molecule has 2 N–H and O–H groups in total. The number of nitrogens with zero attached hydrogens (tertiary/aromatic N) is 2. The van der Waals surface area contributed by atoms with Gasteiger partial charge in [-0.1, -0.05) is 0 Å². The van der Waals surface area contributed by atoms with E-state index in [0.717, 1.165) is 23.5 Å². The minimum atomic E-state index is 0.643. The zero-order chi connectivity index (χ0) is 9.97. The first-order valence-corrected chi connectivity index (χ1v) is 4.47. The van der Waals surface area contributed by atoms with Gasteiger partial charge >= 0.3 is 0 Å². The maximum atomic E-state index is 8.71. The van der Waals surface area contributed by atoms with Crippen LogP contribution in [0.5, 0.6) is 0 Å². The van der Waals surface area contributed by atoms with E-state index in [9.17, 15) is 0 Å². The van der Waals surface area contributed by atoms with E-state index < -0.39 is 0 Å². The Kier molecular flexibility index (Phi) is 2.07. The Bertz CT molecular complexity index is 492. The van der Waals surface area contributed by atoms with Crippen molar-refractivity contribution in [2.45, 2.75) is 6.92 Å². The number of H-pyrrole nitrogens is 1. The van der Waals surface area contributed by atoms with Crippen molar-refractivity contribution in [3.05, 3.63) is 23.8 Å². The van der Waals surface area contributed by atoms with Crippen LogP contribution in [-0.2, 0) is 0 Å². The smallest absolute Gasteiger partial charge is 0.201 e. The molecule has 1 aromatic heterocycles. The van der Waals surface area contributed by atoms with Crippen molar-refractivity contribution in [3.8, 4) is 6.07 Å². The molecule has 2 rings (SSSR count). The second kappa shape index (κ2) is 3.38. The van der Waals surface area contributed by atoms with Crippen LogP contribution in [0.4, 0.5) is 5.95 Å². The number of nitriles is 1. The lowest BCUT2D eigenvalue weighted by Crippen LogP contribution is -1.97. The van der Waals surface area contributed by atoms with Crippen LogP contribution in [0, 0.1) is 11.3 Å². The molecule has 0 aliphatic heterocycles. The predicted octanol–water partition coefficient (Wildman–Crippen LogP) is 1.87. The number of imidazole rings is 1. The molecule has 70 valence electrons. The first-order valence-electron chi connectivity index (χ1n) is 4.47. The summed E-state index contributed by atoms with van der Waals surface area (Å²) in [6, 6.07) is 7.49. The number of rotatable bonds is 2. The van der Waals surface area contributed by atoms with Crippen LogP contribution in [-0.4, -0.2) is 16.5 Å². The van der Waals surface area contributed by atoms with E-state index in [1.54, 1.807) is 12.1 Å². The molecule has 0 bridgehead atoms. The molecule has 0 radical (unpaired) electrons. The van der Waals surface area contributed by atoms with E-state index in [2.05, 4.69) is 21.4 Å². The number of hydrogen-bond donors (Lipinski definition) is 2. The second-order valence-corrected chi connectivity index (χ2v) is 2.96. The topological polar surface area (TPSA) is 64.5 Å². The van der Waals surface area contributed by atoms with Crippen LogP contribution in [0.1, 0.15) is 12.5 Å². The number of aromatic amines is 1. The summed E-state index contributed by atoms with van der Waals surface area (Å²) < 4.78 is 0. The van der Waals surface area contributed by atoms with E-state index in [1.807, 2.05) is 13.0 Å². The number of fused-ring (bicyclic) bond motifs is 1. The highest BCUT2D eigenvalue weighted by molar-refractivity contribution is 5.78. The highest BCUT2D eigenvalue weighted by Crippen LogP contribution is 2.15. The van der Waals surface area contributed by atoms with Crippen molar-refractivity contribution in [2.75, 3.05) is 11.9 Å². The molecule has 0 unspecified atom stereocenters. The Balaban J connectivity index is 2.50. The molecule has 0 amide bonds. The third kappa shape index (κ3) is 1.40. The molecule has 4 heteroatoms. The lowest BCUT2D eigenvalue weighted by molar-refractivity contribution is 1.14. The van der Waals surface area contributed by atoms with Gasteiger partial charge in [0.25, 0.3) is 0 Å². The summed E-state index contributed by atoms with van der Waals surface area (Å²) in [4.78, 5) is 7.40. The summed E-state index contributed by atoms with van der Waals surface area (Å²) in [6.07, 6.45) is 0. The van der Waals surface area contributed by atoms with Gasteiger partial charge in [-0.2, -0.15) is 5.26 Å². The summed E-state index contributed by atoms with van der Waals surface area (Å²) >= 11 is 0. The van der Waals surface area contributed by atoms with Gasteiger partial charge in [0.2, 0.25) is 5.95 Å². The fourth-order valence-corrected chi connectivity index (χ4v) is 1.33. The lowest BCUT2D eigenvalue weighted by atomic mass is 10.2. The number of hydrogen-bond acceptors (Lipinski definition) is 3. The molecule has 1 heterocycles. The second-order valence-electron chi connectivity index (χ2n) is 2.96. The largest absolute Gasteiger partial charge is 0.356 e. The normalized spacial score (nSPS) is 10.0. The van der Waals surface area contributed by atoms with Crippen molar-refractivity contribution in [1.29, 1.82) is 5.26 Å². The van der Waals surface area contributed by atoms with Crippen molar-refractivity contribution in [3.63, 3.8) is 0 Å². The van der Waals surface area contributed by atoms with Crippen LogP contribution in [0.3, 0.4) is 0 Å². The summed E-state index contributed by atoms with van der Waals surface area (Å²) in [7, 11) is 0. The molecule has 1 aromatic carbocycles. The van der Waals surface area contributed by atoms with Gasteiger partial charge < -0.3 is 10.3 Å². The fraction of sp³-hybridized carbons (Fsp3) is 0.200. The van der Waals surface area contributed by atoms with Gasteiger partial charge in [-0.05, 0) is 25.1 Å². The van der Waals surface area contributed by atoms with Crippen molar-refractivity contribution < 1.29 is 0 Å². The van der Waals surface area contributed by atoms with Gasteiger partial charge in [-0.25, -0.2) is 4.98 Å². The highest BCUT2D eigenvalue weighted by Gasteiger charge is 2.01. The summed E-state index contributed by atoms with van der Waals surface area (Å²) in [5, 5.41) is 11.8. The van der Waals surface area contributed by atoms with Crippen LogP contribution in [0.2, 0.25) is 0 Å². The van der Waals surface area contributed by atoms with E-state index in [-0.39, 0.29) is 0 Å². The Morgan fingerprint density at radius 2 is 2.43 bits per heavy atom. The molecule has 0 atom stereocenters. The Hall–Kier alpha value is -2.02. The van der Waals surface area contributed by atoms with Crippen LogP contribution >= 0.6 is 0 Å². The molecule has 14 heavy (non-hydrogen) atoms. The highest BCUT2D eigenvalue weighted by atomic mass is 15.1. The molecule has 2 aromatic rings. The van der Waals surface area contributed by atoms with Gasteiger partial charge in [0.1, 0.15) is 0 Å². The molecule has 0 aliphatic rings. The number of nitrogens with one attached hydrogen (secondary N) is 2. The lowest BCUT2D eigenvalue weighted by Gasteiger charge is -1.93. The molecular weight excluding hydrogens is 176 g/mol. The van der Waals surface area contributed by atoms with E-state index in [0.29, 0.717) is 5.56 Å². The average Bonchev–Trinajstić information content (AvgIpc) is 2.59. The summed E-state index contributed by atoms with van der Waals surface area (Å²) in [5.41, 5.74) is 2.41. The van der Waals surface area contributed by atoms with Crippen LogP contribution in [0.15, 0.2) is 18.2 Å². The molecule has 0 spiro atoms. The van der Waals surface area contributed by atoms with E-state index in [4.69, 9.17) is 5.26 Å². The summed E-state index contributed by atoms with van der Waals surface area (Å²) in [5.74, 6) is 0.748. The maximum absolute atomic E-state index is 8.71. The van der Waals surface area contributed by atoms with Crippen LogP contribution < -0.4 is 5.32 Å². The van der Waals surface area contributed by atoms with E-state index in [1.165, 1.54) is 0 Å². The van der Waals surface area contributed by atoms with E-state index >= 15 is 0 Å². The number of aromatic nitrogens is 2. The zero-order valence-electron chi connectivity index (χ0n) is 7.83. The number of benzene rings is 1. The minimum Gasteiger partial charge on any atom is -0.356 e. The Morgan fingerprint density at radius 1 is 1.57 bits per heavy atom. The third-order valence-corrected chi connectivity index (χ3v) is 1.96. The average molecular weight is 186 g/mol. The third-order valence-electron chi connectivity index (χ3n) is 1.96. The fourth-order valence-electron chi connectivity index (χ4n) is 1.33. The molecule has 0 aliphatic carbocycles. The monoisotopic (exact) mass is 186 g/mol. The first kappa shape index (κ1) is 8.57. The van der Waals surface area contributed by atoms with Gasteiger partial charge in [-0.15, -0.1) is 0 Å². The Morgan fingerprint density at radius 3 is 3.14 bits per heavy atom. The molecule has 0 saturated heterocycles. The van der Waals surface area contributed by atoms with Crippen molar-refractivity contribution >= 4 is 17.0 Å². The predicted molar refractivity (Wildman–Crippen MR) is 55.0 cm³/mol. The molecule has 0 fully saturated rings. The molecule has 0 saturated carbocycles. The molecular formula is C10H10N4. The van der Waals surface area contributed by atoms with Crippen molar-refractivity contribution in [1.82, 2.24) is 9.97 Å². The first-order chi connectivity index (χ1) is 6.83. The van der Waals surface area contributed by atoms with Gasteiger partial charge in [-0.3, -0.25) is 0 Å². The maximum Gasteiger partial charge on any atom is 0.201 e. The SMILES string of the molecule is CCNc1nc2ccc(C#N)cc2[nH]1. The van der Waals surface area contributed by atoms with Gasteiger partial charge in [0.05, 0.1) is 22.7 Å². The van der Waals surface area contributed by atoms with Crippen molar-refractivity contribution in [2.24, 2.45) is 0 Å². The standard InChI is InChI=1S/C10H10N4/c1-2-12-10-13-8-4-3-7(6-11)5-9(8)14-10/h3-5H,2H2,1H3,(H2,12,13,14). The van der Waals surface area contributed by atoms with Gasteiger partial charge in [0, 0.05) is 6.54 Å². The quantitative estimate of drug-likeness (QED) is 0.752. The zero-order valence-corrected chi connectivity index (χ0v) is 7.83. The van der Waals surface area contributed by atoms with Gasteiger partial charge in [0.15, 0.2) is 0 Å². The summed E-state index contributed by atoms with van der Waals surface area (Å²) in [6.45, 7) is 2.83.